The number of hydrogen-bond acceptors (Lipinski definition) is 3. The van der Waals surface area contributed by atoms with Crippen molar-refractivity contribution in [2.24, 2.45) is 0 Å². The van der Waals surface area contributed by atoms with Crippen LogP contribution >= 0.6 is 0 Å². The lowest BCUT2D eigenvalue weighted by Gasteiger charge is -2.47. The van der Waals surface area contributed by atoms with E-state index in [9.17, 15) is 4.39 Å². The molecular formula is C10H13FN2O. The number of hydrogen-bond donors (Lipinski definition) is 0. The van der Waals surface area contributed by atoms with Crippen molar-refractivity contribution < 1.29 is 9.13 Å². The van der Waals surface area contributed by atoms with Crippen molar-refractivity contribution in [3.63, 3.8) is 0 Å². The number of methoxy groups -OCH3 is 1. The molecule has 0 saturated carbocycles. The zero-order chi connectivity index (χ0) is 10.2. The molecule has 76 valence electrons. The fraction of sp³-hybridized carbons (Fsp3) is 0.500. The first kappa shape index (κ1) is 9.40. The van der Waals surface area contributed by atoms with Gasteiger partial charge in [0.2, 0.25) is 5.95 Å². The van der Waals surface area contributed by atoms with Gasteiger partial charge >= 0.3 is 0 Å². The number of rotatable bonds is 2. The lowest BCUT2D eigenvalue weighted by molar-refractivity contribution is -0.0172. The standard InChI is InChI=1S/C10H13FN2O/c1-10(14-2)6-13(7-10)9-5-3-4-8(11)12-9/h3-5H,6-7H2,1-2H3. The summed E-state index contributed by atoms with van der Waals surface area (Å²) in [4.78, 5) is 5.79. The first-order chi connectivity index (χ1) is 6.63. The highest BCUT2D eigenvalue weighted by Crippen LogP contribution is 2.28. The van der Waals surface area contributed by atoms with Crippen LogP contribution in [0.4, 0.5) is 10.2 Å². The van der Waals surface area contributed by atoms with Crippen molar-refractivity contribution in [3.8, 4) is 0 Å². The van der Waals surface area contributed by atoms with Crippen molar-refractivity contribution >= 4 is 5.82 Å². The Morgan fingerprint density at radius 3 is 2.79 bits per heavy atom. The summed E-state index contributed by atoms with van der Waals surface area (Å²) in [5.74, 6) is 0.244. The molecule has 0 aliphatic carbocycles. The van der Waals surface area contributed by atoms with E-state index in [2.05, 4.69) is 4.98 Å². The number of ether oxygens (including phenoxy) is 1. The van der Waals surface area contributed by atoms with E-state index in [1.807, 2.05) is 11.8 Å². The summed E-state index contributed by atoms with van der Waals surface area (Å²) in [5, 5.41) is 0. The molecule has 0 spiro atoms. The quantitative estimate of drug-likeness (QED) is 0.669. The lowest BCUT2D eigenvalue weighted by Crippen LogP contribution is -2.61. The highest BCUT2D eigenvalue weighted by molar-refractivity contribution is 5.43. The minimum Gasteiger partial charge on any atom is -0.375 e. The molecule has 14 heavy (non-hydrogen) atoms. The van der Waals surface area contributed by atoms with E-state index >= 15 is 0 Å². The predicted molar refractivity (Wildman–Crippen MR) is 51.8 cm³/mol. The van der Waals surface area contributed by atoms with Gasteiger partial charge in [0, 0.05) is 20.2 Å². The average molecular weight is 196 g/mol. The van der Waals surface area contributed by atoms with Crippen LogP contribution < -0.4 is 4.90 Å². The second kappa shape index (κ2) is 3.20. The van der Waals surface area contributed by atoms with Gasteiger partial charge in [-0.05, 0) is 19.1 Å². The molecule has 1 aromatic heterocycles. The maximum absolute atomic E-state index is 12.8. The van der Waals surface area contributed by atoms with Gasteiger partial charge in [-0.2, -0.15) is 4.39 Å². The van der Waals surface area contributed by atoms with Crippen molar-refractivity contribution in [1.29, 1.82) is 0 Å². The molecule has 0 amide bonds. The normalized spacial score (nSPS) is 19.2. The Bertz CT molecular complexity index is 337. The fourth-order valence-corrected chi connectivity index (χ4v) is 1.63. The molecular weight excluding hydrogens is 183 g/mol. The van der Waals surface area contributed by atoms with Gasteiger partial charge in [0.1, 0.15) is 5.82 Å². The number of aromatic nitrogens is 1. The summed E-state index contributed by atoms with van der Waals surface area (Å²) in [6.45, 7) is 3.56. The summed E-state index contributed by atoms with van der Waals surface area (Å²) in [5.41, 5.74) is -0.103. The van der Waals surface area contributed by atoms with Gasteiger partial charge in [-0.1, -0.05) is 6.07 Å². The lowest BCUT2D eigenvalue weighted by atomic mass is 9.96. The third-order valence-electron chi connectivity index (χ3n) is 2.57. The zero-order valence-electron chi connectivity index (χ0n) is 8.33. The maximum Gasteiger partial charge on any atom is 0.214 e. The minimum atomic E-state index is -0.437. The Kier molecular flexibility index (Phi) is 2.15. The van der Waals surface area contributed by atoms with Crippen LogP contribution in [0.1, 0.15) is 6.92 Å². The number of halogens is 1. The molecule has 2 heterocycles. The average Bonchev–Trinajstić information content (AvgIpc) is 2.13. The molecule has 2 rings (SSSR count). The van der Waals surface area contributed by atoms with Crippen molar-refractivity contribution in [2.45, 2.75) is 12.5 Å². The van der Waals surface area contributed by atoms with Crippen molar-refractivity contribution in [3.05, 3.63) is 24.1 Å². The summed E-state index contributed by atoms with van der Waals surface area (Å²) in [6.07, 6.45) is 0. The Morgan fingerprint density at radius 2 is 2.21 bits per heavy atom. The van der Waals surface area contributed by atoms with Gasteiger partial charge in [-0.25, -0.2) is 4.98 Å². The number of pyridine rings is 1. The van der Waals surface area contributed by atoms with Crippen LogP contribution in [0.3, 0.4) is 0 Å². The van der Waals surface area contributed by atoms with Crippen molar-refractivity contribution in [2.75, 3.05) is 25.1 Å². The van der Waals surface area contributed by atoms with Crippen LogP contribution in [0.15, 0.2) is 18.2 Å². The summed E-state index contributed by atoms with van der Waals surface area (Å²) in [6, 6.07) is 4.82. The topological polar surface area (TPSA) is 25.4 Å². The summed E-state index contributed by atoms with van der Waals surface area (Å²) < 4.78 is 18.1. The monoisotopic (exact) mass is 196 g/mol. The molecule has 1 aliphatic rings. The molecule has 1 aromatic rings. The highest BCUT2D eigenvalue weighted by atomic mass is 19.1. The maximum atomic E-state index is 12.8. The van der Waals surface area contributed by atoms with Gasteiger partial charge in [-0.15, -0.1) is 0 Å². The Morgan fingerprint density at radius 1 is 1.50 bits per heavy atom. The first-order valence-electron chi connectivity index (χ1n) is 4.56. The highest BCUT2D eigenvalue weighted by Gasteiger charge is 2.39. The van der Waals surface area contributed by atoms with Gasteiger partial charge in [0.15, 0.2) is 0 Å². The van der Waals surface area contributed by atoms with E-state index in [1.54, 1.807) is 19.2 Å². The zero-order valence-corrected chi connectivity index (χ0v) is 8.33. The van der Waals surface area contributed by atoms with Crippen LogP contribution in [0, 0.1) is 5.95 Å². The molecule has 3 nitrogen and oxygen atoms in total. The minimum absolute atomic E-state index is 0.103. The molecule has 0 bridgehead atoms. The van der Waals surface area contributed by atoms with E-state index in [0.717, 1.165) is 13.1 Å². The van der Waals surface area contributed by atoms with Crippen LogP contribution in [0.5, 0.6) is 0 Å². The van der Waals surface area contributed by atoms with Crippen molar-refractivity contribution in [1.82, 2.24) is 4.98 Å². The third-order valence-corrected chi connectivity index (χ3v) is 2.57. The summed E-state index contributed by atoms with van der Waals surface area (Å²) >= 11 is 0. The predicted octanol–water partition coefficient (Wildman–Crippen LogP) is 1.45. The Hall–Kier alpha value is -1.16. The van der Waals surface area contributed by atoms with E-state index in [0.29, 0.717) is 5.82 Å². The van der Waals surface area contributed by atoms with Crippen LogP contribution in [0.25, 0.3) is 0 Å². The van der Waals surface area contributed by atoms with Gasteiger partial charge in [-0.3, -0.25) is 0 Å². The molecule has 0 aromatic carbocycles. The third kappa shape index (κ3) is 1.57. The van der Waals surface area contributed by atoms with Gasteiger partial charge < -0.3 is 9.64 Å². The molecule has 1 saturated heterocycles. The van der Waals surface area contributed by atoms with E-state index < -0.39 is 5.95 Å². The number of nitrogens with zero attached hydrogens (tertiary/aromatic N) is 2. The molecule has 0 unspecified atom stereocenters. The van der Waals surface area contributed by atoms with Gasteiger partial charge in [0.25, 0.3) is 0 Å². The molecule has 1 fully saturated rings. The molecule has 0 radical (unpaired) electrons. The van der Waals surface area contributed by atoms with E-state index in [1.165, 1.54) is 6.07 Å². The molecule has 0 N–H and O–H groups in total. The molecule has 0 atom stereocenters. The fourth-order valence-electron chi connectivity index (χ4n) is 1.63. The smallest absolute Gasteiger partial charge is 0.214 e. The van der Waals surface area contributed by atoms with Crippen LogP contribution in [0.2, 0.25) is 0 Å². The van der Waals surface area contributed by atoms with E-state index in [-0.39, 0.29) is 5.60 Å². The Labute approximate surface area is 82.5 Å². The molecule has 1 aliphatic heterocycles. The second-order valence-electron chi connectivity index (χ2n) is 3.83. The number of anilines is 1. The second-order valence-corrected chi connectivity index (χ2v) is 3.83. The summed E-state index contributed by atoms with van der Waals surface area (Å²) in [7, 11) is 1.69. The Balaban J connectivity index is 2.06. The van der Waals surface area contributed by atoms with E-state index in [4.69, 9.17) is 4.74 Å². The first-order valence-corrected chi connectivity index (χ1v) is 4.56. The molecule has 4 heteroatoms. The van der Waals surface area contributed by atoms with Crippen LogP contribution in [-0.4, -0.2) is 30.8 Å². The van der Waals surface area contributed by atoms with Crippen LogP contribution in [-0.2, 0) is 4.74 Å². The SMILES string of the molecule is COC1(C)CN(c2cccc(F)n2)C1. The largest absolute Gasteiger partial charge is 0.375 e. The van der Waals surface area contributed by atoms with Gasteiger partial charge in [0.05, 0.1) is 5.60 Å².